The number of benzene rings is 3. The van der Waals surface area contributed by atoms with E-state index >= 15 is 0 Å². The molecule has 0 unspecified atom stereocenters. The number of carbonyl (C=O) groups excluding carboxylic acids is 1. The van der Waals surface area contributed by atoms with Crippen LogP contribution in [-0.2, 0) is 0 Å². The molecule has 0 N–H and O–H groups in total. The Hall–Kier alpha value is -3.26. The Kier molecular flexibility index (Phi) is 6.56. The molecule has 0 heterocycles. The number of esters is 1. The van der Waals surface area contributed by atoms with Crippen LogP contribution in [0.3, 0.4) is 0 Å². The van der Waals surface area contributed by atoms with Crippen molar-refractivity contribution in [2.45, 2.75) is 0 Å². The number of rotatable bonds is 5. The average Bonchev–Trinajstić information content (AvgIpc) is 2.75. The van der Waals surface area contributed by atoms with E-state index in [2.05, 4.69) is 6.07 Å². The monoisotopic (exact) mass is 423 g/mol. The van der Waals surface area contributed by atoms with Crippen LogP contribution in [0.4, 0.5) is 0 Å². The molecule has 4 nitrogen and oxygen atoms in total. The number of methoxy groups -OCH3 is 1. The first-order chi connectivity index (χ1) is 14.0. The first kappa shape index (κ1) is 20.5. The maximum absolute atomic E-state index is 12.4. The maximum atomic E-state index is 12.4. The quantitative estimate of drug-likeness (QED) is 0.209. The van der Waals surface area contributed by atoms with E-state index in [1.54, 1.807) is 24.3 Å². The molecule has 6 heteroatoms. The summed E-state index contributed by atoms with van der Waals surface area (Å²) in [4.78, 5) is 12.4. The van der Waals surface area contributed by atoms with Crippen LogP contribution in [0.5, 0.6) is 11.5 Å². The van der Waals surface area contributed by atoms with Gasteiger partial charge >= 0.3 is 5.97 Å². The van der Waals surface area contributed by atoms with Crippen LogP contribution in [0.1, 0.15) is 21.5 Å². The molecule has 0 aliphatic carbocycles. The number of halogens is 2. The largest absolute Gasteiger partial charge is 0.493 e. The Morgan fingerprint density at radius 1 is 0.931 bits per heavy atom. The lowest BCUT2D eigenvalue weighted by molar-refractivity contribution is 0.0729. The molecule has 0 saturated heterocycles. The van der Waals surface area contributed by atoms with Gasteiger partial charge in [-0.25, -0.2) is 4.79 Å². The number of nitrogens with zero attached hydrogens (tertiary/aromatic N) is 1. The molecule has 0 aromatic heterocycles. The molecule has 3 aromatic carbocycles. The summed E-state index contributed by atoms with van der Waals surface area (Å²) in [6, 6.07) is 21.1. The van der Waals surface area contributed by atoms with Crippen LogP contribution in [-0.4, -0.2) is 13.1 Å². The molecule has 29 heavy (non-hydrogen) atoms. The number of hydrogen-bond acceptors (Lipinski definition) is 4. The summed E-state index contributed by atoms with van der Waals surface area (Å²) < 4.78 is 10.8. The number of allylic oxidation sites excluding steroid dienone is 1. The molecule has 144 valence electrons. The van der Waals surface area contributed by atoms with Crippen LogP contribution in [0.15, 0.2) is 66.7 Å². The zero-order chi connectivity index (χ0) is 20.8. The van der Waals surface area contributed by atoms with Gasteiger partial charge in [0, 0.05) is 0 Å². The van der Waals surface area contributed by atoms with Gasteiger partial charge in [0.25, 0.3) is 0 Å². The summed E-state index contributed by atoms with van der Waals surface area (Å²) in [5.74, 6) is 0.0172. The van der Waals surface area contributed by atoms with Crippen molar-refractivity contribution < 1.29 is 14.3 Å². The molecule has 0 bridgehead atoms. The van der Waals surface area contributed by atoms with Crippen LogP contribution in [0, 0.1) is 11.3 Å². The van der Waals surface area contributed by atoms with E-state index in [4.69, 9.17) is 32.7 Å². The Labute approximate surface area is 178 Å². The van der Waals surface area contributed by atoms with Crippen molar-refractivity contribution in [3.05, 3.63) is 93.5 Å². The molecule has 0 fully saturated rings. The Balaban J connectivity index is 1.87. The van der Waals surface area contributed by atoms with Crippen molar-refractivity contribution in [2.24, 2.45) is 0 Å². The molecule has 0 aliphatic rings. The predicted molar refractivity (Wildman–Crippen MR) is 114 cm³/mol. The summed E-state index contributed by atoms with van der Waals surface area (Å²) in [5.41, 5.74) is 2.31. The molecule has 0 saturated carbocycles. The lowest BCUT2D eigenvalue weighted by Crippen LogP contribution is -2.09. The van der Waals surface area contributed by atoms with E-state index in [0.717, 1.165) is 11.1 Å². The molecule has 0 radical (unpaired) electrons. The van der Waals surface area contributed by atoms with Crippen molar-refractivity contribution >= 4 is 40.8 Å². The predicted octanol–water partition coefficient (Wildman–Crippen LogP) is 6.29. The van der Waals surface area contributed by atoms with E-state index in [9.17, 15) is 10.1 Å². The van der Waals surface area contributed by atoms with E-state index in [1.165, 1.54) is 25.3 Å². The summed E-state index contributed by atoms with van der Waals surface area (Å²) in [7, 11) is 1.47. The maximum Gasteiger partial charge on any atom is 0.343 e. The Morgan fingerprint density at radius 2 is 1.69 bits per heavy atom. The molecule has 0 aliphatic heterocycles. The average molecular weight is 424 g/mol. The molecule has 0 spiro atoms. The summed E-state index contributed by atoms with van der Waals surface area (Å²) in [5, 5.41) is 10.1. The number of ether oxygens (including phenoxy) is 2. The highest BCUT2D eigenvalue weighted by molar-refractivity contribution is 6.42. The zero-order valence-electron chi connectivity index (χ0n) is 15.4. The minimum atomic E-state index is -0.591. The second-order valence-electron chi connectivity index (χ2n) is 5.96. The zero-order valence-corrected chi connectivity index (χ0v) is 16.9. The minimum absolute atomic E-state index is 0.249. The van der Waals surface area contributed by atoms with Crippen LogP contribution < -0.4 is 9.47 Å². The number of nitriles is 1. The molecular weight excluding hydrogens is 409 g/mol. The fraction of sp³-hybridized carbons (Fsp3) is 0.0435. The Bertz CT molecular complexity index is 1120. The SMILES string of the molecule is COc1cc(C=C(C#N)c2ccccc2)ccc1OC(=O)c1ccc(Cl)c(Cl)c1. The molecule has 0 atom stereocenters. The standard InChI is InChI=1S/C23H15Cl2NO3/c1-28-22-12-15(11-18(14-26)16-5-3-2-4-6-16)7-10-21(22)29-23(27)17-8-9-19(24)20(25)13-17/h2-13H,1H3. The first-order valence-corrected chi connectivity index (χ1v) is 9.30. The molecule has 3 rings (SSSR count). The Morgan fingerprint density at radius 3 is 2.34 bits per heavy atom. The minimum Gasteiger partial charge on any atom is -0.493 e. The van der Waals surface area contributed by atoms with E-state index < -0.39 is 5.97 Å². The number of carbonyl (C=O) groups is 1. The van der Waals surface area contributed by atoms with Gasteiger partial charge in [-0.2, -0.15) is 5.26 Å². The molecule has 0 amide bonds. The fourth-order valence-electron chi connectivity index (χ4n) is 2.60. The van der Waals surface area contributed by atoms with Crippen LogP contribution in [0.25, 0.3) is 11.6 Å². The smallest absolute Gasteiger partial charge is 0.343 e. The van der Waals surface area contributed by atoms with Gasteiger partial charge in [-0.1, -0.05) is 59.6 Å². The second-order valence-corrected chi connectivity index (χ2v) is 6.78. The summed E-state index contributed by atoms with van der Waals surface area (Å²) in [6.07, 6.45) is 1.74. The van der Waals surface area contributed by atoms with Crippen molar-refractivity contribution in [1.29, 1.82) is 5.26 Å². The normalized spacial score (nSPS) is 10.9. The van der Waals surface area contributed by atoms with Gasteiger partial charge < -0.3 is 9.47 Å². The van der Waals surface area contributed by atoms with Crippen molar-refractivity contribution in [3.8, 4) is 17.6 Å². The topological polar surface area (TPSA) is 59.3 Å². The van der Waals surface area contributed by atoms with Crippen molar-refractivity contribution in [1.82, 2.24) is 0 Å². The van der Waals surface area contributed by atoms with E-state index in [1.807, 2.05) is 30.3 Å². The third kappa shape index (κ3) is 4.97. The van der Waals surface area contributed by atoms with Gasteiger partial charge in [0.1, 0.15) is 0 Å². The van der Waals surface area contributed by atoms with Gasteiger partial charge in [-0.15, -0.1) is 0 Å². The lowest BCUT2D eigenvalue weighted by Gasteiger charge is -2.10. The van der Waals surface area contributed by atoms with Gasteiger partial charge in [-0.05, 0) is 47.5 Å². The second kappa shape index (κ2) is 9.29. The fourth-order valence-corrected chi connectivity index (χ4v) is 2.90. The summed E-state index contributed by atoms with van der Waals surface area (Å²) >= 11 is 11.8. The van der Waals surface area contributed by atoms with Gasteiger partial charge in [0.05, 0.1) is 34.4 Å². The highest BCUT2D eigenvalue weighted by Gasteiger charge is 2.14. The van der Waals surface area contributed by atoms with Crippen molar-refractivity contribution in [3.63, 3.8) is 0 Å². The van der Waals surface area contributed by atoms with Crippen LogP contribution in [0.2, 0.25) is 10.0 Å². The third-order valence-electron chi connectivity index (χ3n) is 4.06. The van der Waals surface area contributed by atoms with Gasteiger partial charge in [0.2, 0.25) is 0 Å². The molecule has 3 aromatic rings. The first-order valence-electron chi connectivity index (χ1n) is 8.54. The van der Waals surface area contributed by atoms with Gasteiger partial charge in [-0.3, -0.25) is 0 Å². The van der Waals surface area contributed by atoms with Gasteiger partial charge in [0.15, 0.2) is 11.5 Å². The van der Waals surface area contributed by atoms with Crippen molar-refractivity contribution in [2.75, 3.05) is 7.11 Å². The lowest BCUT2D eigenvalue weighted by atomic mass is 10.0. The highest BCUT2D eigenvalue weighted by Crippen LogP contribution is 2.31. The summed E-state index contributed by atoms with van der Waals surface area (Å²) in [6.45, 7) is 0. The number of hydrogen-bond donors (Lipinski definition) is 0. The van der Waals surface area contributed by atoms with E-state index in [0.29, 0.717) is 16.3 Å². The third-order valence-corrected chi connectivity index (χ3v) is 4.80. The molecular formula is C23H15Cl2NO3. The van der Waals surface area contributed by atoms with Crippen LogP contribution >= 0.6 is 23.2 Å². The highest BCUT2D eigenvalue weighted by atomic mass is 35.5. The van der Waals surface area contributed by atoms with E-state index in [-0.39, 0.29) is 16.3 Å².